The molecule has 0 aliphatic heterocycles. The van der Waals surface area contributed by atoms with Crippen molar-refractivity contribution in [3.05, 3.63) is 40.6 Å². The van der Waals surface area contributed by atoms with Crippen LogP contribution in [0.5, 0.6) is 5.75 Å². The van der Waals surface area contributed by atoms with Gasteiger partial charge in [-0.3, -0.25) is 9.59 Å². The molecule has 1 aromatic carbocycles. The summed E-state index contributed by atoms with van der Waals surface area (Å²) in [6.45, 7) is 2.07. The van der Waals surface area contributed by atoms with Crippen LogP contribution in [0.2, 0.25) is 0 Å². The summed E-state index contributed by atoms with van der Waals surface area (Å²) in [5, 5.41) is 6.19. The number of aromatic nitrogens is 2. The second-order valence-electron chi connectivity index (χ2n) is 6.19. The Labute approximate surface area is 193 Å². The third-order valence-electron chi connectivity index (χ3n) is 3.97. The lowest BCUT2D eigenvalue weighted by molar-refractivity contribution is -0.118. The number of ether oxygens (including phenoxy) is 1. The molecular formula is C20H25BrN4O3S2. The van der Waals surface area contributed by atoms with Crippen molar-refractivity contribution >= 4 is 57.0 Å². The Balaban J connectivity index is 2.17. The molecule has 0 aliphatic rings. The maximum absolute atomic E-state index is 12.9. The molecule has 2 amide bonds. The van der Waals surface area contributed by atoms with Gasteiger partial charge in [0.2, 0.25) is 5.91 Å². The molecule has 2 N–H and O–H groups in total. The topological polar surface area (TPSA) is 93.2 Å². The van der Waals surface area contributed by atoms with Crippen molar-refractivity contribution in [2.24, 2.45) is 0 Å². The van der Waals surface area contributed by atoms with Gasteiger partial charge < -0.3 is 15.4 Å². The number of para-hydroxylation sites is 2. The molecule has 10 heteroatoms. The fourth-order valence-electron chi connectivity index (χ4n) is 2.47. The fourth-order valence-corrected chi connectivity index (χ4v) is 3.98. The van der Waals surface area contributed by atoms with Crippen LogP contribution in [0.1, 0.15) is 30.3 Å². The normalized spacial score (nSPS) is 11.6. The maximum atomic E-state index is 12.9. The van der Waals surface area contributed by atoms with E-state index in [4.69, 9.17) is 4.74 Å². The molecule has 1 heterocycles. The Morgan fingerprint density at radius 2 is 2.03 bits per heavy atom. The van der Waals surface area contributed by atoms with Gasteiger partial charge in [-0.1, -0.05) is 30.8 Å². The number of carbonyl (C=O) groups excluding carboxylic acids is 2. The Kier molecular flexibility index (Phi) is 10.5. The number of carbonyl (C=O) groups is 2. The van der Waals surface area contributed by atoms with E-state index in [0.29, 0.717) is 33.2 Å². The molecule has 0 radical (unpaired) electrons. The lowest BCUT2D eigenvalue weighted by Crippen LogP contribution is -2.44. The Morgan fingerprint density at radius 1 is 1.27 bits per heavy atom. The van der Waals surface area contributed by atoms with Gasteiger partial charge in [0, 0.05) is 11.9 Å². The zero-order chi connectivity index (χ0) is 21.9. The van der Waals surface area contributed by atoms with Gasteiger partial charge in [0.25, 0.3) is 5.91 Å². The van der Waals surface area contributed by atoms with Crippen molar-refractivity contribution in [1.29, 1.82) is 0 Å². The van der Waals surface area contributed by atoms with Crippen LogP contribution in [0.25, 0.3) is 0 Å². The van der Waals surface area contributed by atoms with E-state index in [1.807, 2.05) is 12.3 Å². The maximum Gasteiger partial charge on any atom is 0.271 e. The van der Waals surface area contributed by atoms with Gasteiger partial charge in [-0.2, -0.15) is 11.8 Å². The van der Waals surface area contributed by atoms with Gasteiger partial charge in [0.05, 0.1) is 17.3 Å². The number of hydrogen-bond donors (Lipinski definition) is 2. The lowest BCUT2D eigenvalue weighted by atomic mass is 10.2. The van der Waals surface area contributed by atoms with E-state index in [2.05, 4.69) is 43.5 Å². The largest absolute Gasteiger partial charge is 0.495 e. The van der Waals surface area contributed by atoms with Gasteiger partial charge in [-0.05, 0) is 52.9 Å². The summed E-state index contributed by atoms with van der Waals surface area (Å²) >= 11 is 6.43. The van der Waals surface area contributed by atoms with E-state index < -0.39 is 11.9 Å². The van der Waals surface area contributed by atoms with E-state index >= 15 is 0 Å². The number of amides is 2. The molecule has 0 bridgehead atoms. The van der Waals surface area contributed by atoms with Crippen molar-refractivity contribution in [3.8, 4) is 5.75 Å². The number of rotatable bonds is 11. The molecule has 2 rings (SSSR count). The monoisotopic (exact) mass is 512 g/mol. The number of anilines is 1. The second-order valence-corrected chi connectivity index (χ2v) is 9.10. The molecule has 0 aliphatic carbocycles. The van der Waals surface area contributed by atoms with Crippen molar-refractivity contribution in [3.63, 3.8) is 0 Å². The van der Waals surface area contributed by atoms with Gasteiger partial charge >= 0.3 is 0 Å². The summed E-state index contributed by atoms with van der Waals surface area (Å²) in [6.07, 6.45) is 4.97. The molecule has 1 unspecified atom stereocenters. The van der Waals surface area contributed by atoms with Crippen LogP contribution in [0, 0.1) is 0 Å². The van der Waals surface area contributed by atoms with Crippen molar-refractivity contribution in [1.82, 2.24) is 15.3 Å². The number of halogens is 1. The SMILES string of the molecule is CCCSc1ncc(Br)c(C(=O)NC(CCSC)C(=O)Nc2ccccc2OC)n1. The third kappa shape index (κ3) is 7.17. The minimum absolute atomic E-state index is 0.211. The average molecular weight is 513 g/mol. The van der Waals surface area contributed by atoms with Crippen LogP contribution in [0.3, 0.4) is 0 Å². The van der Waals surface area contributed by atoms with Gasteiger partial charge in [0.1, 0.15) is 17.5 Å². The minimum atomic E-state index is -0.719. The molecule has 1 atom stereocenters. The van der Waals surface area contributed by atoms with Crippen molar-refractivity contribution < 1.29 is 14.3 Å². The predicted molar refractivity (Wildman–Crippen MR) is 127 cm³/mol. The first-order valence-electron chi connectivity index (χ1n) is 9.39. The van der Waals surface area contributed by atoms with Crippen LogP contribution in [0.15, 0.2) is 40.1 Å². The van der Waals surface area contributed by atoms with Crippen molar-refractivity contribution in [2.75, 3.05) is 30.2 Å². The van der Waals surface area contributed by atoms with E-state index in [9.17, 15) is 9.59 Å². The average Bonchev–Trinajstić information content (AvgIpc) is 2.76. The molecule has 0 spiro atoms. The Bertz CT molecular complexity index is 870. The molecular weight excluding hydrogens is 488 g/mol. The first kappa shape index (κ1) is 24.5. The smallest absolute Gasteiger partial charge is 0.271 e. The summed E-state index contributed by atoms with van der Waals surface area (Å²) in [7, 11) is 1.54. The van der Waals surface area contributed by atoms with Gasteiger partial charge in [0.15, 0.2) is 5.16 Å². The lowest BCUT2D eigenvalue weighted by Gasteiger charge is -2.19. The van der Waals surface area contributed by atoms with Crippen LogP contribution in [0.4, 0.5) is 5.69 Å². The standard InChI is InChI=1S/C20H25BrN4O3S2/c1-4-10-30-20-22-12-13(21)17(25-20)19(27)24-15(9-11-29-3)18(26)23-14-7-5-6-8-16(14)28-2/h5-8,12,15H,4,9-11H2,1-3H3,(H,23,26)(H,24,27). The number of benzene rings is 1. The first-order valence-corrected chi connectivity index (χ1v) is 12.6. The molecule has 0 saturated heterocycles. The zero-order valence-electron chi connectivity index (χ0n) is 17.1. The summed E-state index contributed by atoms with van der Waals surface area (Å²) in [6, 6.07) is 6.42. The number of methoxy groups -OCH3 is 1. The Hall–Kier alpha value is -1.78. The molecule has 2 aromatic rings. The fraction of sp³-hybridized carbons (Fsp3) is 0.400. The summed E-state index contributed by atoms with van der Waals surface area (Å²) in [5.74, 6) is 1.39. The van der Waals surface area contributed by atoms with Gasteiger partial charge in [-0.15, -0.1) is 0 Å². The molecule has 1 aromatic heterocycles. The highest BCUT2D eigenvalue weighted by Crippen LogP contribution is 2.24. The molecule has 30 heavy (non-hydrogen) atoms. The number of thioether (sulfide) groups is 2. The molecule has 162 valence electrons. The van der Waals surface area contributed by atoms with E-state index in [-0.39, 0.29) is 11.6 Å². The molecule has 7 nitrogen and oxygen atoms in total. The number of nitrogens with one attached hydrogen (secondary N) is 2. The summed E-state index contributed by atoms with van der Waals surface area (Å²) < 4.78 is 5.77. The summed E-state index contributed by atoms with van der Waals surface area (Å²) in [4.78, 5) is 34.4. The van der Waals surface area contributed by atoms with Crippen LogP contribution >= 0.6 is 39.5 Å². The third-order valence-corrected chi connectivity index (χ3v) is 6.26. The van der Waals surface area contributed by atoms with Crippen LogP contribution < -0.4 is 15.4 Å². The molecule has 0 fully saturated rings. The van der Waals surface area contributed by atoms with Crippen LogP contribution in [-0.4, -0.2) is 52.7 Å². The minimum Gasteiger partial charge on any atom is -0.495 e. The first-order chi connectivity index (χ1) is 14.5. The highest BCUT2D eigenvalue weighted by atomic mass is 79.9. The van der Waals surface area contributed by atoms with Gasteiger partial charge in [-0.25, -0.2) is 9.97 Å². The van der Waals surface area contributed by atoms with E-state index in [1.54, 1.807) is 43.3 Å². The zero-order valence-corrected chi connectivity index (χ0v) is 20.3. The van der Waals surface area contributed by atoms with Crippen LogP contribution in [-0.2, 0) is 4.79 Å². The highest BCUT2D eigenvalue weighted by molar-refractivity contribution is 9.10. The van der Waals surface area contributed by atoms with E-state index in [1.165, 1.54) is 11.8 Å². The summed E-state index contributed by atoms with van der Waals surface area (Å²) in [5.41, 5.74) is 0.762. The number of nitrogens with zero attached hydrogens (tertiary/aromatic N) is 2. The second kappa shape index (κ2) is 12.8. The quantitative estimate of drug-likeness (QED) is 0.343. The highest BCUT2D eigenvalue weighted by Gasteiger charge is 2.24. The number of hydrogen-bond acceptors (Lipinski definition) is 7. The predicted octanol–water partition coefficient (Wildman–Crippen LogP) is 4.24. The molecule has 0 saturated carbocycles. The Morgan fingerprint density at radius 3 is 2.73 bits per heavy atom. The van der Waals surface area contributed by atoms with E-state index in [0.717, 1.165) is 12.2 Å². The van der Waals surface area contributed by atoms with Crippen molar-refractivity contribution in [2.45, 2.75) is 31.0 Å².